The maximum absolute atomic E-state index is 13.9. The molecule has 3 aliphatic rings. The number of urea groups is 1. The van der Waals surface area contributed by atoms with E-state index in [9.17, 15) is 14.4 Å². The Morgan fingerprint density at radius 1 is 1.07 bits per heavy atom. The molecule has 0 spiro atoms. The Kier molecular flexibility index (Phi) is 10.0. The van der Waals surface area contributed by atoms with Crippen molar-refractivity contribution in [3.05, 3.63) is 58.1 Å². The molecule has 9 nitrogen and oxygen atoms in total. The number of benzene rings is 2. The fraction of sp³-hybridized carbons (Fsp3) is 0.500. The van der Waals surface area contributed by atoms with Crippen LogP contribution < -0.4 is 11.1 Å². The van der Waals surface area contributed by atoms with Crippen LogP contribution in [0.4, 0.5) is 16.2 Å². The molecule has 2 aromatic carbocycles. The standard InChI is InChI=1S/C34H43ClN6O3/c1-4-24-19-23(21-29(35)32(24)36)20-26(33(43)40-16-10-27(11-17-40)38(2)3)22-31(42)39-14-12-28(13-15-39)41-18-9-25-7-5-6-8-30(25)37-34(41)44/h1,5-8,19,21,26-28H,9-18,20,22,36H2,2-3H3,(H,37,44)/t26-/m0/s1. The molecule has 234 valence electrons. The van der Waals surface area contributed by atoms with Crippen LogP contribution in [0.15, 0.2) is 36.4 Å². The topological polar surface area (TPSA) is 102 Å². The molecular weight excluding hydrogens is 576 g/mol. The predicted molar refractivity (Wildman–Crippen MR) is 174 cm³/mol. The Balaban J connectivity index is 1.24. The van der Waals surface area contributed by atoms with Gasteiger partial charge in [0.1, 0.15) is 0 Å². The van der Waals surface area contributed by atoms with Gasteiger partial charge >= 0.3 is 6.03 Å². The maximum atomic E-state index is 13.9. The first-order valence-electron chi connectivity index (χ1n) is 15.6. The molecule has 2 aromatic rings. The van der Waals surface area contributed by atoms with Gasteiger partial charge in [0.15, 0.2) is 0 Å². The molecule has 4 amide bonds. The number of rotatable bonds is 7. The van der Waals surface area contributed by atoms with Crippen LogP contribution >= 0.6 is 11.6 Å². The maximum Gasteiger partial charge on any atom is 0.322 e. The second-order valence-corrected chi connectivity index (χ2v) is 12.9. The SMILES string of the molecule is C#Cc1cc(C[C@@H](CC(=O)N2CCC(N3CCc4ccccc4NC3=O)CC2)C(=O)N2CCC(N(C)C)CC2)cc(Cl)c1N. The van der Waals surface area contributed by atoms with Gasteiger partial charge in [-0.05, 0) is 81.9 Å². The van der Waals surface area contributed by atoms with Crippen molar-refractivity contribution in [3.8, 4) is 12.3 Å². The number of nitrogen functional groups attached to an aromatic ring is 1. The van der Waals surface area contributed by atoms with Gasteiger partial charge in [-0.2, -0.15) is 0 Å². The second-order valence-electron chi connectivity index (χ2n) is 12.5. The fourth-order valence-corrected chi connectivity index (χ4v) is 7.05. The highest BCUT2D eigenvalue weighted by atomic mass is 35.5. The summed E-state index contributed by atoms with van der Waals surface area (Å²) in [4.78, 5) is 48.5. The van der Waals surface area contributed by atoms with Crippen molar-refractivity contribution in [2.75, 3.05) is 57.9 Å². The summed E-state index contributed by atoms with van der Waals surface area (Å²) < 4.78 is 0. The summed E-state index contributed by atoms with van der Waals surface area (Å²) in [5.41, 5.74) is 9.66. The molecule has 0 unspecified atom stereocenters. The summed E-state index contributed by atoms with van der Waals surface area (Å²) in [6.07, 6.45) is 10.1. The molecule has 44 heavy (non-hydrogen) atoms. The Morgan fingerprint density at radius 3 is 2.43 bits per heavy atom. The second kappa shape index (κ2) is 13.9. The van der Waals surface area contributed by atoms with Gasteiger partial charge in [0.2, 0.25) is 11.8 Å². The van der Waals surface area contributed by atoms with Crippen molar-refractivity contribution in [3.63, 3.8) is 0 Å². The Labute approximate surface area is 265 Å². The Morgan fingerprint density at radius 2 is 1.75 bits per heavy atom. The number of carbonyl (C=O) groups is 3. The van der Waals surface area contributed by atoms with Crippen LogP contribution in [-0.2, 0) is 22.4 Å². The highest BCUT2D eigenvalue weighted by Gasteiger charge is 2.35. The number of hydrogen-bond acceptors (Lipinski definition) is 5. The fourth-order valence-electron chi connectivity index (χ4n) is 6.81. The number of carbonyl (C=O) groups excluding carboxylic acids is 3. The zero-order valence-electron chi connectivity index (χ0n) is 25.7. The van der Waals surface area contributed by atoms with Crippen LogP contribution in [0.1, 0.15) is 48.8 Å². The van der Waals surface area contributed by atoms with E-state index in [-0.39, 0.29) is 30.3 Å². The molecule has 1 atom stereocenters. The third-order valence-corrected chi connectivity index (χ3v) is 9.82. The molecule has 5 rings (SSSR count). The summed E-state index contributed by atoms with van der Waals surface area (Å²) in [5, 5.41) is 3.40. The number of likely N-dealkylation sites (tertiary alicyclic amines) is 2. The first-order chi connectivity index (χ1) is 21.1. The van der Waals surface area contributed by atoms with Crippen molar-refractivity contribution < 1.29 is 14.4 Å². The van der Waals surface area contributed by atoms with Gasteiger partial charge in [-0.3, -0.25) is 9.59 Å². The highest BCUT2D eigenvalue weighted by molar-refractivity contribution is 6.33. The number of hydrogen-bond donors (Lipinski definition) is 2. The van der Waals surface area contributed by atoms with Crippen LogP contribution in [-0.4, -0.2) is 96.3 Å². The van der Waals surface area contributed by atoms with E-state index in [1.165, 1.54) is 0 Å². The number of nitrogens with one attached hydrogen (secondary N) is 1. The first-order valence-corrected chi connectivity index (χ1v) is 16.0. The summed E-state index contributed by atoms with van der Waals surface area (Å²) in [5.74, 6) is 1.97. The molecular formula is C34H43ClN6O3. The zero-order chi connectivity index (χ0) is 31.4. The molecule has 2 saturated heterocycles. The largest absolute Gasteiger partial charge is 0.397 e. The highest BCUT2D eigenvalue weighted by Crippen LogP contribution is 2.29. The normalized spacial score (nSPS) is 18.8. The van der Waals surface area contributed by atoms with E-state index >= 15 is 0 Å². The minimum Gasteiger partial charge on any atom is -0.397 e. The number of anilines is 2. The number of para-hydroxylation sites is 1. The molecule has 0 aromatic heterocycles. The molecule has 0 radical (unpaired) electrons. The van der Waals surface area contributed by atoms with E-state index in [4.69, 9.17) is 23.8 Å². The number of piperidine rings is 2. The van der Waals surface area contributed by atoms with Gasteiger partial charge in [0, 0.05) is 62.5 Å². The number of nitrogens with zero attached hydrogens (tertiary/aromatic N) is 4. The molecule has 3 aliphatic heterocycles. The predicted octanol–water partition coefficient (Wildman–Crippen LogP) is 4.09. The number of nitrogens with two attached hydrogens (primary N) is 1. The quantitative estimate of drug-likeness (QED) is 0.360. The van der Waals surface area contributed by atoms with E-state index in [0.29, 0.717) is 74.3 Å². The first kappa shape index (κ1) is 31.7. The summed E-state index contributed by atoms with van der Waals surface area (Å²) in [7, 11) is 4.14. The monoisotopic (exact) mass is 618 g/mol. The number of fused-ring (bicyclic) bond motifs is 1. The lowest BCUT2D eigenvalue weighted by Gasteiger charge is -2.39. The minimum absolute atomic E-state index is 0.0125. The van der Waals surface area contributed by atoms with Crippen molar-refractivity contribution in [2.24, 2.45) is 5.92 Å². The van der Waals surface area contributed by atoms with Gasteiger partial charge < -0.3 is 30.7 Å². The minimum atomic E-state index is -0.545. The van der Waals surface area contributed by atoms with Crippen molar-refractivity contribution >= 4 is 40.8 Å². The lowest BCUT2D eigenvalue weighted by Crippen LogP contribution is -2.51. The van der Waals surface area contributed by atoms with Crippen LogP contribution in [0, 0.1) is 18.3 Å². The average Bonchev–Trinajstić information content (AvgIpc) is 3.20. The molecule has 3 N–H and O–H groups in total. The van der Waals surface area contributed by atoms with Gasteiger partial charge in [-0.25, -0.2) is 4.79 Å². The van der Waals surface area contributed by atoms with Gasteiger partial charge in [0.05, 0.1) is 16.6 Å². The van der Waals surface area contributed by atoms with E-state index in [1.807, 2.05) is 39.0 Å². The van der Waals surface area contributed by atoms with E-state index in [2.05, 4.69) is 30.2 Å². The number of terminal acetylenes is 1. The molecule has 0 aliphatic carbocycles. The van der Waals surface area contributed by atoms with Crippen LogP contribution in [0.2, 0.25) is 5.02 Å². The van der Waals surface area contributed by atoms with E-state index in [1.54, 1.807) is 12.1 Å². The lowest BCUT2D eigenvalue weighted by atomic mass is 9.91. The number of halogens is 1. The van der Waals surface area contributed by atoms with Gasteiger partial charge in [-0.1, -0.05) is 35.7 Å². The molecule has 0 saturated carbocycles. The van der Waals surface area contributed by atoms with E-state index in [0.717, 1.165) is 36.1 Å². The molecule has 10 heteroatoms. The van der Waals surface area contributed by atoms with Gasteiger partial charge in [-0.15, -0.1) is 6.42 Å². The smallest absolute Gasteiger partial charge is 0.322 e. The van der Waals surface area contributed by atoms with Crippen molar-refractivity contribution in [2.45, 2.75) is 57.0 Å². The molecule has 3 heterocycles. The third kappa shape index (κ3) is 7.14. The van der Waals surface area contributed by atoms with E-state index < -0.39 is 5.92 Å². The van der Waals surface area contributed by atoms with Gasteiger partial charge in [0.25, 0.3) is 0 Å². The average molecular weight is 619 g/mol. The summed E-state index contributed by atoms with van der Waals surface area (Å²) in [6, 6.07) is 11.9. The van der Waals surface area contributed by atoms with Crippen molar-refractivity contribution in [1.29, 1.82) is 0 Å². The zero-order valence-corrected chi connectivity index (χ0v) is 26.5. The third-order valence-electron chi connectivity index (χ3n) is 9.50. The van der Waals surface area contributed by atoms with Crippen LogP contribution in [0.25, 0.3) is 0 Å². The lowest BCUT2D eigenvalue weighted by molar-refractivity contribution is -0.143. The molecule has 2 fully saturated rings. The summed E-state index contributed by atoms with van der Waals surface area (Å²) >= 11 is 6.38. The number of amides is 4. The van der Waals surface area contributed by atoms with Crippen LogP contribution in [0.5, 0.6) is 0 Å². The van der Waals surface area contributed by atoms with Crippen molar-refractivity contribution in [1.82, 2.24) is 19.6 Å². The summed E-state index contributed by atoms with van der Waals surface area (Å²) in [6.45, 7) is 3.07. The van der Waals surface area contributed by atoms with Crippen LogP contribution in [0.3, 0.4) is 0 Å². The Bertz CT molecular complexity index is 1420. The Hall–Kier alpha value is -3.74. The molecule has 0 bridgehead atoms.